The van der Waals surface area contributed by atoms with Crippen molar-refractivity contribution in [2.75, 3.05) is 7.05 Å². The Morgan fingerprint density at radius 3 is 2.77 bits per heavy atom. The van der Waals surface area contributed by atoms with Crippen molar-refractivity contribution < 1.29 is 4.79 Å². The number of carbonyl (C=O) groups excluding carboxylic acids is 1. The minimum atomic E-state index is -0.0634. The van der Waals surface area contributed by atoms with Crippen molar-refractivity contribution >= 4 is 28.8 Å². The molecule has 0 radical (unpaired) electrons. The molecule has 1 heterocycles. The Morgan fingerprint density at radius 1 is 1.45 bits per heavy atom. The zero-order chi connectivity index (χ0) is 16.3. The van der Waals surface area contributed by atoms with Gasteiger partial charge in [0, 0.05) is 36.1 Å². The fourth-order valence-corrected chi connectivity index (χ4v) is 3.22. The SMILES string of the molecule is Cc1csc(=O)n1CCC(=O)N(C)C(C)c1cccc(Cl)c1. The predicted molar refractivity (Wildman–Crippen MR) is 90.6 cm³/mol. The molecule has 4 nitrogen and oxygen atoms in total. The van der Waals surface area contributed by atoms with Crippen LogP contribution in [0.2, 0.25) is 5.02 Å². The normalized spacial score (nSPS) is 12.2. The third-order valence-electron chi connectivity index (χ3n) is 3.83. The lowest BCUT2D eigenvalue weighted by Gasteiger charge is -2.25. The van der Waals surface area contributed by atoms with Crippen LogP contribution < -0.4 is 4.87 Å². The third-order valence-corrected chi connectivity index (χ3v) is 4.95. The number of hydrogen-bond acceptors (Lipinski definition) is 3. The maximum atomic E-state index is 12.3. The largest absolute Gasteiger partial charge is 0.339 e. The number of halogens is 1. The Balaban J connectivity index is 2.01. The lowest BCUT2D eigenvalue weighted by atomic mass is 10.1. The van der Waals surface area contributed by atoms with Crippen molar-refractivity contribution in [2.24, 2.45) is 0 Å². The van der Waals surface area contributed by atoms with Crippen LogP contribution in [0.1, 0.15) is 30.6 Å². The standard InChI is InChI=1S/C16H19ClN2O2S/c1-11-10-22-16(21)19(11)8-7-15(20)18(3)12(2)13-5-4-6-14(17)9-13/h4-6,9-10,12H,7-8H2,1-3H3. The van der Waals surface area contributed by atoms with Gasteiger partial charge in [-0.1, -0.05) is 35.1 Å². The summed E-state index contributed by atoms with van der Waals surface area (Å²) in [5.41, 5.74) is 1.89. The average molecular weight is 339 g/mol. The van der Waals surface area contributed by atoms with Gasteiger partial charge in [-0.05, 0) is 31.5 Å². The first-order valence-electron chi connectivity index (χ1n) is 7.06. The zero-order valence-corrected chi connectivity index (χ0v) is 14.4. The van der Waals surface area contributed by atoms with Gasteiger partial charge in [0.2, 0.25) is 5.91 Å². The quantitative estimate of drug-likeness (QED) is 0.837. The highest BCUT2D eigenvalue weighted by molar-refractivity contribution is 7.07. The molecular formula is C16H19ClN2O2S. The van der Waals surface area contributed by atoms with Gasteiger partial charge in [0.25, 0.3) is 0 Å². The lowest BCUT2D eigenvalue weighted by Crippen LogP contribution is -2.31. The second-order valence-corrected chi connectivity index (χ2v) is 6.54. The predicted octanol–water partition coefficient (Wildman–Crippen LogP) is 3.48. The first-order valence-corrected chi connectivity index (χ1v) is 8.32. The van der Waals surface area contributed by atoms with Crippen molar-refractivity contribution in [1.29, 1.82) is 0 Å². The zero-order valence-electron chi connectivity index (χ0n) is 12.9. The number of nitrogens with zero attached hydrogens (tertiary/aromatic N) is 2. The maximum absolute atomic E-state index is 12.3. The molecule has 118 valence electrons. The Kier molecular flexibility index (Phi) is 5.42. The van der Waals surface area contributed by atoms with Crippen LogP contribution in [0.3, 0.4) is 0 Å². The van der Waals surface area contributed by atoms with E-state index in [0.717, 1.165) is 22.6 Å². The summed E-state index contributed by atoms with van der Waals surface area (Å²) < 4.78 is 1.64. The Bertz CT molecular complexity index is 723. The van der Waals surface area contributed by atoms with E-state index in [1.54, 1.807) is 16.5 Å². The molecule has 0 fully saturated rings. The molecule has 0 N–H and O–H groups in total. The molecule has 0 spiro atoms. The van der Waals surface area contributed by atoms with Gasteiger partial charge in [-0.15, -0.1) is 0 Å². The summed E-state index contributed by atoms with van der Waals surface area (Å²) in [6, 6.07) is 7.44. The van der Waals surface area contributed by atoms with Gasteiger partial charge < -0.3 is 9.47 Å². The first kappa shape index (κ1) is 16.8. The summed E-state index contributed by atoms with van der Waals surface area (Å²) in [6.07, 6.45) is 0.304. The van der Waals surface area contributed by atoms with Crippen LogP contribution in [0.25, 0.3) is 0 Å². The summed E-state index contributed by atoms with van der Waals surface area (Å²) >= 11 is 7.16. The van der Waals surface area contributed by atoms with E-state index in [2.05, 4.69) is 0 Å². The molecule has 1 atom stereocenters. The second kappa shape index (κ2) is 7.11. The number of aromatic nitrogens is 1. The molecule has 0 aliphatic carbocycles. The average Bonchev–Trinajstić information content (AvgIpc) is 2.82. The topological polar surface area (TPSA) is 42.3 Å². The highest BCUT2D eigenvalue weighted by Gasteiger charge is 2.18. The van der Waals surface area contributed by atoms with Crippen LogP contribution in [0.15, 0.2) is 34.4 Å². The molecule has 6 heteroatoms. The molecule has 1 aromatic heterocycles. The molecule has 2 aromatic rings. The van der Waals surface area contributed by atoms with Crippen molar-refractivity contribution in [2.45, 2.75) is 32.9 Å². The maximum Gasteiger partial charge on any atom is 0.307 e. The molecule has 0 bridgehead atoms. The number of carbonyl (C=O) groups is 1. The van der Waals surface area contributed by atoms with Crippen LogP contribution in [0, 0.1) is 6.92 Å². The molecule has 0 aliphatic rings. The van der Waals surface area contributed by atoms with E-state index in [9.17, 15) is 9.59 Å². The molecule has 0 aliphatic heterocycles. The van der Waals surface area contributed by atoms with Crippen molar-refractivity contribution in [1.82, 2.24) is 9.47 Å². The van der Waals surface area contributed by atoms with Crippen molar-refractivity contribution in [3.05, 3.63) is 55.6 Å². The summed E-state index contributed by atoms with van der Waals surface area (Å²) in [6.45, 7) is 4.26. The van der Waals surface area contributed by atoms with Crippen molar-refractivity contribution in [3.8, 4) is 0 Å². The van der Waals surface area contributed by atoms with Gasteiger partial charge in [0.1, 0.15) is 0 Å². The molecule has 1 unspecified atom stereocenters. The van der Waals surface area contributed by atoms with Gasteiger partial charge in [-0.3, -0.25) is 9.59 Å². The number of amides is 1. The molecule has 1 amide bonds. The molecule has 0 saturated carbocycles. The van der Waals surface area contributed by atoms with E-state index >= 15 is 0 Å². The Hall–Kier alpha value is -1.59. The number of aryl methyl sites for hydroxylation is 1. The fourth-order valence-electron chi connectivity index (χ4n) is 2.26. The molecule has 0 saturated heterocycles. The van der Waals surface area contributed by atoms with Crippen LogP contribution >= 0.6 is 22.9 Å². The number of rotatable bonds is 5. The molecule has 22 heavy (non-hydrogen) atoms. The van der Waals surface area contributed by atoms with Gasteiger partial charge in [0.15, 0.2) is 0 Å². The summed E-state index contributed by atoms with van der Waals surface area (Å²) in [4.78, 5) is 25.7. The summed E-state index contributed by atoms with van der Waals surface area (Å²) in [5.74, 6) is 0.00461. The van der Waals surface area contributed by atoms with Crippen LogP contribution in [-0.2, 0) is 11.3 Å². The van der Waals surface area contributed by atoms with E-state index in [0.29, 0.717) is 18.0 Å². The minimum Gasteiger partial charge on any atom is -0.339 e. The Labute approximate surface area is 138 Å². The third kappa shape index (κ3) is 3.78. The minimum absolute atomic E-state index is 0.00461. The number of benzene rings is 1. The molecular weight excluding hydrogens is 320 g/mol. The van der Waals surface area contributed by atoms with Gasteiger partial charge in [-0.2, -0.15) is 0 Å². The lowest BCUT2D eigenvalue weighted by molar-refractivity contribution is -0.132. The van der Waals surface area contributed by atoms with E-state index in [1.807, 2.05) is 43.5 Å². The summed E-state index contributed by atoms with van der Waals surface area (Å²) in [5, 5.41) is 2.47. The summed E-state index contributed by atoms with van der Waals surface area (Å²) in [7, 11) is 1.77. The van der Waals surface area contributed by atoms with E-state index < -0.39 is 0 Å². The number of thiazole rings is 1. The second-order valence-electron chi connectivity index (χ2n) is 5.28. The van der Waals surface area contributed by atoms with Gasteiger partial charge in [-0.25, -0.2) is 0 Å². The van der Waals surface area contributed by atoms with Crippen LogP contribution in [0.4, 0.5) is 0 Å². The Morgan fingerprint density at radius 2 is 2.18 bits per heavy atom. The van der Waals surface area contributed by atoms with Crippen LogP contribution in [-0.4, -0.2) is 22.4 Å². The monoisotopic (exact) mass is 338 g/mol. The highest BCUT2D eigenvalue weighted by atomic mass is 35.5. The molecule has 2 rings (SSSR count). The smallest absolute Gasteiger partial charge is 0.307 e. The first-order chi connectivity index (χ1) is 10.4. The van der Waals surface area contributed by atoms with Crippen molar-refractivity contribution in [3.63, 3.8) is 0 Å². The fraction of sp³-hybridized carbons (Fsp3) is 0.375. The van der Waals surface area contributed by atoms with E-state index in [-0.39, 0.29) is 16.8 Å². The van der Waals surface area contributed by atoms with Gasteiger partial charge >= 0.3 is 4.87 Å². The highest BCUT2D eigenvalue weighted by Crippen LogP contribution is 2.22. The number of hydrogen-bond donors (Lipinski definition) is 0. The van der Waals surface area contributed by atoms with E-state index in [4.69, 9.17) is 11.6 Å². The molecule has 1 aromatic carbocycles. The van der Waals surface area contributed by atoms with Gasteiger partial charge in [0.05, 0.1) is 6.04 Å². The van der Waals surface area contributed by atoms with E-state index in [1.165, 1.54) is 0 Å². The van der Waals surface area contributed by atoms with Crippen LogP contribution in [0.5, 0.6) is 0 Å².